The van der Waals surface area contributed by atoms with Gasteiger partial charge in [0.1, 0.15) is 0 Å². The quantitative estimate of drug-likeness (QED) is 0.877. The van der Waals surface area contributed by atoms with E-state index in [1.165, 1.54) is 19.3 Å². The van der Waals surface area contributed by atoms with E-state index in [-0.39, 0.29) is 18.4 Å². The van der Waals surface area contributed by atoms with E-state index in [0.29, 0.717) is 5.92 Å². The third kappa shape index (κ3) is 2.39. The first-order valence-electron chi connectivity index (χ1n) is 7.18. The van der Waals surface area contributed by atoms with Gasteiger partial charge in [0.05, 0.1) is 6.61 Å². The van der Waals surface area contributed by atoms with Crippen molar-refractivity contribution < 1.29 is 9.90 Å². The lowest BCUT2D eigenvalue weighted by Gasteiger charge is -2.21. The summed E-state index contributed by atoms with van der Waals surface area (Å²) in [4.78, 5) is 12.4. The summed E-state index contributed by atoms with van der Waals surface area (Å²) in [6, 6.07) is 5.71. The van der Waals surface area contributed by atoms with Crippen molar-refractivity contribution in [1.82, 2.24) is 0 Å². The first kappa shape index (κ1) is 12.7. The molecule has 2 N–H and O–H groups in total. The van der Waals surface area contributed by atoms with Crippen molar-refractivity contribution >= 4 is 11.6 Å². The van der Waals surface area contributed by atoms with Crippen LogP contribution in [0.2, 0.25) is 0 Å². The molecule has 19 heavy (non-hydrogen) atoms. The Morgan fingerprint density at radius 1 is 1.37 bits per heavy atom. The van der Waals surface area contributed by atoms with E-state index >= 15 is 0 Å². The van der Waals surface area contributed by atoms with Gasteiger partial charge in [0, 0.05) is 11.6 Å². The molecule has 3 rings (SSSR count). The average Bonchev–Trinajstić information content (AvgIpc) is 3.03. The van der Waals surface area contributed by atoms with Crippen LogP contribution < -0.4 is 5.32 Å². The third-order valence-electron chi connectivity index (χ3n) is 4.82. The Hall–Kier alpha value is -1.35. The van der Waals surface area contributed by atoms with Crippen LogP contribution in [0.4, 0.5) is 5.69 Å². The van der Waals surface area contributed by atoms with E-state index in [2.05, 4.69) is 5.32 Å². The minimum atomic E-state index is 0.0112. The molecule has 2 bridgehead atoms. The number of aliphatic hydroxyl groups excluding tert-OH is 1. The molecule has 102 valence electrons. The van der Waals surface area contributed by atoms with Crippen LogP contribution in [0.3, 0.4) is 0 Å². The molecule has 0 aromatic heterocycles. The van der Waals surface area contributed by atoms with Gasteiger partial charge < -0.3 is 10.4 Å². The summed E-state index contributed by atoms with van der Waals surface area (Å²) >= 11 is 0. The molecule has 3 nitrogen and oxygen atoms in total. The van der Waals surface area contributed by atoms with Crippen LogP contribution >= 0.6 is 0 Å². The minimum absolute atomic E-state index is 0.0112. The SMILES string of the molecule is Cc1ccc(CO)cc1NC(=O)C1CC2CCC1C2. The van der Waals surface area contributed by atoms with E-state index < -0.39 is 0 Å². The van der Waals surface area contributed by atoms with E-state index in [9.17, 15) is 9.90 Å². The van der Waals surface area contributed by atoms with Gasteiger partial charge in [-0.1, -0.05) is 18.6 Å². The fourth-order valence-corrected chi connectivity index (χ4v) is 3.69. The van der Waals surface area contributed by atoms with Gasteiger partial charge in [-0.25, -0.2) is 0 Å². The summed E-state index contributed by atoms with van der Waals surface area (Å²) in [5.41, 5.74) is 2.74. The number of fused-ring (bicyclic) bond motifs is 2. The van der Waals surface area contributed by atoms with Gasteiger partial charge in [-0.15, -0.1) is 0 Å². The molecule has 0 aliphatic heterocycles. The maximum atomic E-state index is 12.4. The molecule has 2 aliphatic rings. The largest absolute Gasteiger partial charge is 0.392 e. The number of nitrogens with one attached hydrogen (secondary N) is 1. The number of aliphatic hydroxyl groups is 1. The van der Waals surface area contributed by atoms with Gasteiger partial charge in [-0.3, -0.25) is 4.79 Å². The predicted molar refractivity (Wildman–Crippen MR) is 74.7 cm³/mol. The van der Waals surface area contributed by atoms with Crippen molar-refractivity contribution in [3.8, 4) is 0 Å². The maximum absolute atomic E-state index is 12.4. The Balaban J connectivity index is 1.72. The third-order valence-corrected chi connectivity index (χ3v) is 4.82. The molecule has 3 unspecified atom stereocenters. The highest BCUT2D eigenvalue weighted by Crippen LogP contribution is 2.48. The highest BCUT2D eigenvalue weighted by atomic mass is 16.3. The molecule has 1 aromatic carbocycles. The second-order valence-corrected chi connectivity index (χ2v) is 6.08. The Bertz CT molecular complexity index is 498. The van der Waals surface area contributed by atoms with Crippen molar-refractivity contribution in [3.05, 3.63) is 29.3 Å². The van der Waals surface area contributed by atoms with Crippen molar-refractivity contribution in [3.63, 3.8) is 0 Å². The molecule has 2 aliphatic carbocycles. The number of carbonyl (C=O) groups is 1. The van der Waals surface area contributed by atoms with Gasteiger partial charge in [0.2, 0.25) is 5.91 Å². The first-order valence-corrected chi connectivity index (χ1v) is 7.18. The summed E-state index contributed by atoms with van der Waals surface area (Å²) in [6.45, 7) is 1.99. The number of rotatable bonds is 3. The smallest absolute Gasteiger partial charge is 0.227 e. The summed E-state index contributed by atoms with van der Waals surface area (Å²) in [7, 11) is 0. The number of aryl methyl sites for hydroxylation is 1. The topological polar surface area (TPSA) is 49.3 Å². The summed E-state index contributed by atoms with van der Waals surface area (Å²) < 4.78 is 0. The average molecular weight is 259 g/mol. The Morgan fingerprint density at radius 2 is 2.21 bits per heavy atom. The molecule has 0 heterocycles. The number of hydrogen-bond acceptors (Lipinski definition) is 2. The van der Waals surface area contributed by atoms with Crippen molar-refractivity contribution in [2.24, 2.45) is 17.8 Å². The second-order valence-electron chi connectivity index (χ2n) is 6.08. The molecule has 3 heteroatoms. The lowest BCUT2D eigenvalue weighted by atomic mass is 9.88. The van der Waals surface area contributed by atoms with Gasteiger partial charge in [-0.05, 0) is 55.2 Å². The Labute approximate surface area is 114 Å². The van der Waals surface area contributed by atoms with Crippen LogP contribution in [0, 0.1) is 24.7 Å². The summed E-state index contributed by atoms with van der Waals surface area (Å²) in [6.07, 6.45) is 4.84. The summed E-state index contributed by atoms with van der Waals surface area (Å²) in [5.74, 6) is 1.76. The number of amides is 1. The van der Waals surface area contributed by atoms with E-state index in [1.54, 1.807) is 0 Å². The van der Waals surface area contributed by atoms with Crippen LogP contribution in [0.15, 0.2) is 18.2 Å². The van der Waals surface area contributed by atoms with Crippen molar-refractivity contribution in [2.45, 2.75) is 39.2 Å². The van der Waals surface area contributed by atoms with Crippen LogP contribution in [0.25, 0.3) is 0 Å². The highest BCUT2D eigenvalue weighted by molar-refractivity contribution is 5.93. The number of hydrogen-bond donors (Lipinski definition) is 2. The van der Waals surface area contributed by atoms with Crippen LogP contribution in [-0.2, 0) is 11.4 Å². The lowest BCUT2D eigenvalue weighted by molar-refractivity contribution is -0.121. The second kappa shape index (κ2) is 4.97. The fraction of sp³-hybridized carbons (Fsp3) is 0.562. The number of carbonyl (C=O) groups excluding carboxylic acids is 1. The molecular formula is C16H21NO2. The maximum Gasteiger partial charge on any atom is 0.227 e. The Kier molecular flexibility index (Phi) is 3.31. The molecule has 1 amide bonds. The van der Waals surface area contributed by atoms with Gasteiger partial charge >= 0.3 is 0 Å². The zero-order valence-electron chi connectivity index (χ0n) is 11.4. The van der Waals surface area contributed by atoms with Crippen LogP contribution in [0.1, 0.15) is 36.8 Å². The Morgan fingerprint density at radius 3 is 2.84 bits per heavy atom. The molecule has 0 radical (unpaired) electrons. The molecule has 0 spiro atoms. The van der Waals surface area contributed by atoms with Crippen LogP contribution in [0.5, 0.6) is 0 Å². The molecule has 1 aromatic rings. The predicted octanol–water partition coefficient (Wildman–Crippen LogP) is 2.86. The minimum Gasteiger partial charge on any atom is -0.392 e. The van der Waals surface area contributed by atoms with Gasteiger partial charge in [0.15, 0.2) is 0 Å². The van der Waals surface area contributed by atoms with Crippen LogP contribution in [-0.4, -0.2) is 11.0 Å². The van der Waals surface area contributed by atoms with Gasteiger partial charge in [0.25, 0.3) is 0 Å². The number of anilines is 1. The van der Waals surface area contributed by atoms with Crippen molar-refractivity contribution in [1.29, 1.82) is 0 Å². The number of benzene rings is 1. The normalized spacial score (nSPS) is 28.6. The molecule has 0 saturated heterocycles. The highest BCUT2D eigenvalue weighted by Gasteiger charge is 2.43. The molecule has 2 fully saturated rings. The molecule has 2 saturated carbocycles. The summed E-state index contributed by atoms with van der Waals surface area (Å²) in [5, 5.41) is 12.2. The van der Waals surface area contributed by atoms with E-state index in [0.717, 1.165) is 29.2 Å². The molecular weight excluding hydrogens is 238 g/mol. The lowest BCUT2D eigenvalue weighted by Crippen LogP contribution is -2.27. The monoisotopic (exact) mass is 259 g/mol. The first-order chi connectivity index (χ1) is 9.17. The zero-order valence-corrected chi connectivity index (χ0v) is 11.4. The standard InChI is InChI=1S/C16H21NO2/c1-10-2-3-12(9-18)8-15(10)17-16(19)14-7-11-4-5-13(14)6-11/h2-3,8,11,13-14,18H,4-7,9H2,1H3,(H,17,19). The van der Waals surface area contributed by atoms with E-state index in [1.807, 2.05) is 25.1 Å². The van der Waals surface area contributed by atoms with Gasteiger partial charge in [-0.2, -0.15) is 0 Å². The fourth-order valence-electron chi connectivity index (χ4n) is 3.69. The van der Waals surface area contributed by atoms with Crippen molar-refractivity contribution in [2.75, 3.05) is 5.32 Å². The molecule has 3 atom stereocenters. The zero-order chi connectivity index (χ0) is 13.4. The van der Waals surface area contributed by atoms with E-state index in [4.69, 9.17) is 0 Å².